The van der Waals surface area contributed by atoms with Gasteiger partial charge in [0.25, 0.3) is 0 Å². The van der Waals surface area contributed by atoms with Gasteiger partial charge in [0.1, 0.15) is 0 Å². The van der Waals surface area contributed by atoms with Crippen LogP contribution in [0.3, 0.4) is 0 Å². The maximum Gasteiger partial charge on any atom is 0.306 e. The highest BCUT2D eigenvalue weighted by Gasteiger charge is 2.17. The van der Waals surface area contributed by atoms with Crippen LogP contribution in [0.2, 0.25) is 0 Å². The van der Waals surface area contributed by atoms with Gasteiger partial charge in [-0.3, -0.25) is 4.79 Å². The Morgan fingerprint density at radius 2 is 1.71 bits per heavy atom. The minimum absolute atomic E-state index is 0.348. The van der Waals surface area contributed by atoms with Gasteiger partial charge in [-0.05, 0) is 25.0 Å². The second-order valence-corrected chi connectivity index (χ2v) is 4.58. The van der Waals surface area contributed by atoms with Crippen molar-refractivity contribution in [2.45, 2.75) is 48.0 Å². The highest BCUT2D eigenvalue weighted by Crippen LogP contribution is 2.26. The maximum atomic E-state index is 11.0. The number of nitrogens with zero attached hydrogens (tertiary/aromatic N) is 1. The molecule has 118 valence electrons. The van der Waals surface area contributed by atoms with Crippen molar-refractivity contribution < 1.29 is 9.90 Å². The fourth-order valence-corrected chi connectivity index (χ4v) is 2.25. The van der Waals surface area contributed by atoms with Gasteiger partial charge in [0.2, 0.25) is 0 Å². The van der Waals surface area contributed by atoms with E-state index in [1.54, 1.807) is 6.92 Å². The van der Waals surface area contributed by atoms with Gasteiger partial charge in [-0.25, -0.2) is 0 Å². The van der Waals surface area contributed by atoms with Gasteiger partial charge in [0.15, 0.2) is 0 Å². The smallest absolute Gasteiger partial charge is 0.306 e. The predicted octanol–water partition coefficient (Wildman–Crippen LogP) is 4.80. The lowest BCUT2D eigenvalue weighted by Crippen LogP contribution is -2.12. The minimum atomic E-state index is -0.739. The molecule has 0 spiro atoms. The van der Waals surface area contributed by atoms with Gasteiger partial charge >= 0.3 is 5.97 Å². The molecule has 0 radical (unpaired) electrons. The van der Waals surface area contributed by atoms with Crippen LogP contribution in [0.4, 0.5) is 0 Å². The molecule has 0 saturated heterocycles. The normalized spacial score (nSPS) is 11.0. The first-order valence-corrected chi connectivity index (χ1v) is 7.78. The molecule has 1 N–H and O–H groups in total. The lowest BCUT2D eigenvalue weighted by molar-refractivity contribution is -0.141. The van der Waals surface area contributed by atoms with E-state index in [0.717, 1.165) is 16.8 Å². The summed E-state index contributed by atoms with van der Waals surface area (Å²) in [5.74, 6) is -1.09. The number of fused-ring (bicyclic) bond motifs is 1. The van der Waals surface area contributed by atoms with E-state index in [9.17, 15) is 4.79 Å². The Balaban J connectivity index is 0.000000921. The standard InChI is InChI=1S/C14H17NO2.2C2H6/c1-9(14(16)17)8-12-10(2)15(3)13-7-5-4-6-11(12)13;2*1-2/h4-7,9H,8H2,1-3H3,(H,16,17);2*1-2H3. The highest BCUT2D eigenvalue weighted by atomic mass is 16.4. The van der Waals surface area contributed by atoms with Crippen LogP contribution < -0.4 is 0 Å². The molecule has 0 aliphatic carbocycles. The summed E-state index contributed by atoms with van der Waals surface area (Å²) in [4.78, 5) is 11.0. The molecule has 1 unspecified atom stereocenters. The third-order valence-corrected chi connectivity index (χ3v) is 3.46. The van der Waals surface area contributed by atoms with Crippen LogP contribution in [0, 0.1) is 12.8 Å². The van der Waals surface area contributed by atoms with E-state index >= 15 is 0 Å². The maximum absolute atomic E-state index is 11.0. The van der Waals surface area contributed by atoms with E-state index in [4.69, 9.17) is 5.11 Å². The summed E-state index contributed by atoms with van der Waals surface area (Å²) in [7, 11) is 2.02. The third kappa shape index (κ3) is 4.35. The second kappa shape index (κ2) is 9.22. The average molecular weight is 291 g/mol. The zero-order chi connectivity index (χ0) is 16.6. The van der Waals surface area contributed by atoms with Gasteiger partial charge in [-0.2, -0.15) is 0 Å². The number of carboxylic acids is 1. The topological polar surface area (TPSA) is 42.2 Å². The Morgan fingerprint density at radius 1 is 1.19 bits per heavy atom. The number of aromatic nitrogens is 1. The Kier molecular flexibility index (Phi) is 8.44. The van der Waals surface area contributed by atoms with Crippen molar-refractivity contribution in [1.82, 2.24) is 4.57 Å². The van der Waals surface area contributed by atoms with Gasteiger partial charge in [0.05, 0.1) is 5.92 Å². The molecule has 1 aromatic carbocycles. The Morgan fingerprint density at radius 3 is 2.24 bits per heavy atom. The molecule has 2 aromatic rings. The zero-order valence-electron chi connectivity index (χ0n) is 14.4. The molecule has 0 aliphatic rings. The number of carbonyl (C=O) groups is 1. The molecule has 0 saturated carbocycles. The van der Waals surface area contributed by atoms with E-state index in [2.05, 4.69) is 16.7 Å². The molecule has 0 bridgehead atoms. The fourth-order valence-electron chi connectivity index (χ4n) is 2.25. The molecule has 3 nitrogen and oxygen atoms in total. The second-order valence-electron chi connectivity index (χ2n) is 4.58. The molecular formula is C18H29NO2. The Labute approximate surface area is 128 Å². The quantitative estimate of drug-likeness (QED) is 0.882. The van der Waals surface area contributed by atoms with Crippen molar-refractivity contribution in [1.29, 1.82) is 0 Å². The Bertz CT molecular complexity index is 570. The summed E-state index contributed by atoms with van der Waals surface area (Å²) in [5.41, 5.74) is 3.47. The predicted molar refractivity (Wildman–Crippen MR) is 90.9 cm³/mol. The fraction of sp³-hybridized carbons (Fsp3) is 0.500. The molecule has 1 atom stereocenters. The van der Waals surface area contributed by atoms with Crippen LogP contribution in [0.15, 0.2) is 24.3 Å². The number of carboxylic acid groups (broad SMARTS) is 1. The summed E-state index contributed by atoms with van der Waals surface area (Å²) in [6, 6.07) is 8.13. The first kappa shape index (κ1) is 19.2. The van der Waals surface area contributed by atoms with Crippen LogP contribution in [0.1, 0.15) is 45.9 Å². The van der Waals surface area contributed by atoms with Crippen molar-refractivity contribution in [3.63, 3.8) is 0 Å². The van der Waals surface area contributed by atoms with Crippen LogP contribution in [0.5, 0.6) is 0 Å². The van der Waals surface area contributed by atoms with Crippen molar-refractivity contribution in [2.75, 3.05) is 0 Å². The molecule has 0 amide bonds. The average Bonchev–Trinajstić information content (AvgIpc) is 2.76. The van der Waals surface area contributed by atoms with E-state index in [0.29, 0.717) is 6.42 Å². The number of aryl methyl sites for hydroxylation is 1. The molecule has 0 fully saturated rings. The number of hydrogen-bond acceptors (Lipinski definition) is 1. The summed E-state index contributed by atoms with van der Waals surface area (Å²) in [6.45, 7) is 11.8. The first-order chi connectivity index (χ1) is 10.0. The van der Waals surface area contributed by atoms with E-state index < -0.39 is 5.97 Å². The van der Waals surface area contributed by atoms with Crippen molar-refractivity contribution in [3.8, 4) is 0 Å². The summed E-state index contributed by atoms with van der Waals surface area (Å²) >= 11 is 0. The Hall–Kier alpha value is -1.77. The number of benzene rings is 1. The largest absolute Gasteiger partial charge is 0.481 e. The van der Waals surface area contributed by atoms with Crippen LogP contribution in [0.25, 0.3) is 10.9 Å². The molecule has 3 heteroatoms. The first-order valence-electron chi connectivity index (χ1n) is 7.78. The summed E-state index contributed by atoms with van der Waals surface area (Å²) in [5, 5.41) is 10.2. The monoisotopic (exact) mass is 291 g/mol. The van der Waals surface area contributed by atoms with E-state index in [1.165, 1.54) is 5.39 Å². The zero-order valence-corrected chi connectivity index (χ0v) is 14.4. The molecular weight excluding hydrogens is 262 g/mol. The van der Waals surface area contributed by atoms with E-state index in [1.807, 2.05) is 53.8 Å². The molecule has 1 heterocycles. The minimum Gasteiger partial charge on any atom is -0.481 e. The highest BCUT2D eigenvalue weighted by molar-refractivity contribution is 5.86. The number of para-hydroxylation sites is 1. The number of aliphatic carboxylic acids is 1. The summed E-state index contributed by atoms with van der Waals surface area (Å²) < 4.78 is 2.12. The molecule has 21 heavy (non-hydrogen) atoms. The van der Waals surface area contributed by atoms with E-state index in [-0.39, 0.29) is 5.92 Å². The van der Waals surface area contributed by atoms with Gasteiger partial charge < -0.3 is 9.67 Å². The SMILES string of the molecule is CC.CC.Cc1c(CC(C)C(=O)O)c2ccccc2n1C. The lowest BCUT2D eigenvalue weighted by Gasteiger charge is -2.06. The van der Waals surface area contributed by atoms with Gasteiger partial charge in [-0.1, -0.05) is 52.8 Å². The number of rotatable bonds is 3. The van der Waals surface area contributed by atoms with Crippen molar-refractivity contribution in [2.24, 2.45) is 13.0 Å². The summed E-state index contributed by atoms with van der Waals surface area (Å²) in [6.07, 6.45) is 0.586. The van der Waals surface area contributed by atoms with Crippen molar-refractivity contribution >= 4 is 16.9 Å². The molecule has 1 aromatic heterocycles. The molecule has 2 rings (SSSR count). The third-order valence-electron chi connectivity index (χ3n) is 3.46. The van der Waals surface area contributed by atoms with Crippen LogP contribution in [-0.2, 0) is 18.3 Å². The van der Waals surface area contributed by atoms with Crippen LogP contribution in [-0.4, -0.2) is 15.6 Å². The molecule has 0 aliphatic heterocycles. The van der Waals surface area contributed by atoms with Crippen LogP contribution >= 0.6 is 0 Å². The van der Waals surface area contributed by atoms with Crippen molar-refractivity contribution in [3.05, 3.63) is 35.5 Å². The van der Waals surface area contributed by atoms with Gasteiger partial charge in [-0.15, -0.1) is 0 Å². The number of hydrogen-bond donors (Lipinski definition) is 1. The van der Waals surface area contributed by atoms with Gasteiger partial charge in [0, 0.05) is 23.6 Å². The lowest BCUT2D eigenvalue weighted by atomic mass is 9.99.